The molecule has 0 saturated carbocycles. The molecule has 2 aromatic rings. The maximum Gasteiger partial charge on any atom is 0.337 e. The van der Waals surface area contributed by atoms with Crippen LogP contribution in [-0.2, 0) is 5.41 Å². The predicted octanol–water partition coefficient (Wildman–Crippen LogP) is 4.73. The molecule has 0 bridgehead atoms. The molecule has 3 nitrogen and oxygen atoms in total. The summed E-state index contributed by atoms with van der Waals surface area (Å²) >= 11 is 0. The van der Waals surface area contributed by atoms with Gasteiger partial charge in [0.05, 0.1) is 11.3 Å². The highest BCUT2D eigenvalue weighted by Crippen LogP contribution is 2.26. The highest BCUT2D eigenvalue weighted by Gasteiger charge is 2.14. The Morgan fingerprint density at radius 3 is 2.19 bits per heavy atom. The Balaban J connectivity index is 2.28. The van der Waals surface area contributed by atoms with Crippen LogP contribution >= 0.6 is 0 Å². The number of nitrogens with one attached hydrogen (secondary N) is 1. The second-order valence-electron chi connectivity index (χ2n) is 6.31. The number of hydrogen-bond donors (Lipinski definition) is 2. The maximum atomic E-state index is 11.3. The van der Waals surface area contributed by atoms with Gasteiger partial charge >= 0.3 is 5.97 Å². The van der Waals surface area contributed by atoms with Gasteiger partial charge in [0.25, 0.3) is 0 Å². The molecule has 0 heterocycles. The lowest BCUT2D eigenvalue weighted by atomic mass is 9.87. The third-order valence-electron chi connectivity index (χ3n) is 3.44. The molecule has 2 aromatic carbocycles. The summed E-state index contributed by atoms with van der Waals surface area (Å²) in [5.41, 5.74) is 4.06. The fourth-order valence-corrected chi connectivity index (χ4v) is 2.15. The predicted molar refractivity (Wildman–Crippen MR) is 86.6 cm³/mol. The van der Waals surface area contributed by atoms with E-state index in [1.54, 1.807) is 12.1 Å². The summed E-state index contributed by atoms with van der Waals surface area (Å²) in [4.78, 5) is 11.3. The van der Waals surface area contributed by atoms with Crippen molar-refractivity contribution < 1.29 is 9.90 Å². The Morgan fingerprint density at radius 1 is 1.05 bits per heavy atom. The zero-order valence-electron chi connectivity index (χ0n) is 12.9. The number of anilines is 2. The van der Waals surface area contributed by atoms with Crippen LogP contribution in [0.4, 0.5) is 11.4 Å². The van der Waals surface area contributed by atoms with Gasteiger partial charge < -0.3 is 10.4 Å². The van der Waals surface area contributed by atoms with Gasteiger partial charge in [-0.2, -0.15) is 0 Å². The van der Waals surface area contributed by atoms with Gasteiger partial charge in [0, 0.05) is 5.69 Å². The number of carboxylic acids is 1. The fraction of sp³-hybridized carbons (Fsp3) is 0.278. The molecule has 0 radical (unpaired) electrons. The second-order valence-corrected chi connectivity index (χ2v) is 6.31. The van der Waals surface area contributed by atoms with Crippen LogP contribution in [0.3, 0.4) is 0 Å². The number of rotatable bonds is 3. The maximum absolute atomic E-state index is 11.3. The van der Waals surface area contributed by atoms with Gasteiger partial charge in [-0.25, -0.2) is 4.79 Å². The van der Waals surface area contributed by atoms with E-state index in [2.05, 4.69) is 38.2 Å². The van der Waals surface area contributed by atoms with E-state index >= 15 is 0 Å². The molecule has 0 amide bonds. The molecule has 0 spiro atoms. The van der Waals surface area contributed by atoms with E-state index in [9.17, 15) is 9.90 Å². The van der Waals surface area contributed by atoms with E-state index in [1.165, 1.54) is 5.56 Å². The summed E-state index contributed by atoms with van der Waals surface area (Å²) in [5, 5.41) is 12.5. The average molecular weight is 283 g/mol. The molecule has 21 heavy (non-hydrogen) atoms. The molecular formula is C18H21NO2. The summed E-state index contributed by atoms with van der Waals surface area (Å²) in [6.45, 7) is 8.38. The fourth-order valence-electron chi connectivity index (χ4n) is 2.15. The highest BCUT2D eigenvalue weighted by molar-refractivity contribution is 5.95. The Hall–Kier alpha value is -2.29. The van der Waals surface area contributed by atoms with Crippen LogP contribution in [0.15, 0.2) is 42.5 Å². The van der Waals surface area contributed by atoms with Gasteiger partial charge in [-0.15, -0.1) is 0 Å². The molecular weight excluding hydrogens is 262 g/mol. The smallest absolute Gasteiger partial charge is 0.337 e. The SMILES string of the molecule is Cc1ccc(Nc2ccc(C(C)(C)C)cc2)c(C(=O)O)c1. The van der Waals surface area contributed by atoms with Crippen LogP contribution < -0.4 is 5.32 Å². The summed E-state index contributed by atoms with van der Waals surface area (Å²) < 4.78 is 0. The first-order valence-electron chi connectivity index (χ1n) is 6.99. The van der Waals surface area contributed by atoms with Crippen LogP contribution in [0.25, 0.3) is 0 Å². The summed E-state index contributed by atoms with van der Waals surface area (Å²) in [7, 11) is 0. The minimum absolute atomic E-state index is 0.106. The number of carbonyl (C=O) groups is 1. The van der Waals surface area contributed by atoms with Gasteiger partial charge in [-0.3, -0.25) is 0 Å². The largest absolute Gasteiger partial charge is 0.478 e. The number of benzene rings is 2. The quantitative estimate of drug-likeness (QED) is 0.855. The van der Waals surface area contributed by atoms with Gasteiger partial charge in [0.15, 0.2) is 0 Å². The molecule has 2 N–H and O–H groups in total. The van der Waals surface area contributed by atoms with Crippen molar-refractivity contribution in [3.63, 3.8) is 0 Å². The first kappa shape index (κ1) is 15.1. The lowest BCUT2D eigenvalue weighted by molar-refractivity contribution is 0.0698. The van der Waals surface area contributed by atoms with Crippen LogP contribution in [0.1, 0.15) is 42.3 Å². The monoisotopic (exact) mass is 283 g/mol. The summed E-state index contributed by atoms with van der Waals surface area (Å²) in [6.07, 6.45) is 0. The zero-order chi connectivity index (χ0) is 15.6. The van der Waals surface area contributed by atoms with Crippen molar-refractivity contribution >= 4 is 17.3 Å². The number of aryl methyl sites for hydroxylation is 1. The van der Waals surface area contributed by atoms with E-state index in [0.29, 0.717) is 5.69 Å². The van der Waals surface area contributed by atoms with Crippen molar-refractivity contribution in [1.82, 2.24) is 0 Å². The molecule has 0 atom stereocenters. The molecule has 0 aliphatic rings. The standard InChI is InChI=1S/C18H21NO2/c1-12-5-10-16(15(11-12)17(20)21)19-14-8-6-13(7-9-14)18(2,3)4/h5-11,19H,1-4H3,(H,20,21). The number of hydrogen-bond acceptors (Lipinski definition) is 2. The van der Waals surface area contributed by atoms with E-state index in [4.69, 9.17) is 0 Å². The van der Waals surface area contributed by atoms with E-state index in [-0.39, 0.29) is 11.0 Å². The molecule has 2 rings (SSSR count). The van der Waals surface area contributed by atoms with E-state index in [0.717, 1.165) is 11.3 Å². The lowest BCUT2D eigenvalue weighted by Crippen LogP contribution is -2.10. The molecule has 0 aromatic heterocycles. The number of carboxylic acid groups (broad SMARTS) is 1. The summed E-state index contributed by atoms with van der Waals surface area (Å²) in [5.74, 6) is -0.924. The highest BCUT2D eigenvalue weighted by atomic mass is 16.4. The first-order valence-corrected chi connectivity index (χ1v) is 6.99. The van der Waals surface area contributed by atoms with Gasteiger partial charge in [-0.05, 0) is 42.2 Å². The second kappa shape index (κ2) is 5.60. The molecule has 110 valence electrons. The van der Waals surface area contributed by atoms with Crippen molar-refractivity contribution in [3.8, 4) is 0 Å². The normalized spacial score (nSPS) is 11.2. The van der Waals surface area contributed by atoms with Crippen molar-refractivity contribution in [2.75, 3.05) is 5.32 Å². The zero-order valence-corrected chi connectivity index (χ0v) is 12.9. The first-order chi connectivity index (χ1) is 9.77. The number of aromatic carboxylic acids is 1. The Bertz CT molecular complexity index is 652. The molecule has 0 fully saturated rings. The van der Waals surface area contributed by atoms with Crippen LogP contribution in [-0.4, -0.2) is 11.1 Å². The van der Waals surface area contributed by atoms with Crippen LogP contribution in [0, 0.1) is 6.92 Å². The molecule has 0 saturated heterocycles. The minimum atomic E-state index is -0.924. The minimum Gasteiger partial charge on any atom is -0.478 e. The summed E-state index contributed by atoms with van der Waals surface area (Å²) in [6, 6.07) is 13.5. The Kier molecular flexibility index (Phi) is 4.03. The van der Waals surface area contributed by atoms with Crippen LogP contribution in [0.5, 0.6) is 0 Å². The third-order valence-corrected chi connectivity index (χ3v) is 3.44. The Morgan fingerprint density at radius 2 is 1.67 bits per heavy atom. The van der Waals surface area contributed by atoms with E-state index in [1.807, 2.05) is 25.1 Å². The van der Waals surface area contributed by atoms with Gasteiger partial charge in [0.2, 0.25) is 0 Å². The van der Waals surface area contributed by atoms with Crippen molar-refractivity contribution in [2.24, 2.45) is 0 Å². The van der Waals surface area contributed by atoms with Crippen LogP contribution in [0.2, 0.25) is 0 Å². The molecule has 0 unspecified atom stereocenters. The Labute approximate surface area is 125 Å². The van der Waals surface area contributed by atoms with Crippen molar-refractivity contribution in [3.05, 3.63) is 59.2 Å². The topological polar surface area (TPSA) is 49.3 Å². The van der Waals surface area contributed by atoms with Crippen molar-refractivity contribution in [1.29, 1.82) is 0 Å². The molecule has 0 aliphatic heterocycles. The van der Waals surface area contributed by atoms with Gasteiger partial charge in [0.1, 0.15) is 0 Å². The third kappa shape index (κ3) is 3.63. The average Bonchev–Trinajstić information content (AvgIpc) is 2.40. The molecule has 3 heteroatoms. The van der Waals surface area contributed by atoms with Gasteiger partial charge in [-0.1, -0.05) is 44.5 Å². The molecule has 0 aliphatic carbocycles. The van der Waals surface area contributed by atoms with Crippen molar-refractivity contribution in [2.45, 2.75) is 33.1 Å². The van der Waals surface area contributed by atoms with E-state index < -0.39 is 5.97 Å². The lowest BCUT2D eigenvalue weighted by Gasteiger charge is -2.19.